The van der Waals surface area contributed by atoms with E-state index < -0.39 is 15.9 Å². The third-order valence-electron chi connectivity index (χ3n) is 5.61. The van der Waals surface area contributed by atoms with Crippen molar-refractivity contribution in [3.8, 4) is 0 Å². The first-order chi connectivity index (χ1) is 17.2. The number of carbonyl (C=O) groups is 1. The molecule has 0 unspecified atom stereocenters. The highest BCUT2D eigenvalue weighted by Crippen LogP contribution is 2.26. The number of imidazole rings is 1. The van der Waals surface area contributed by atoms with E-state index in [9.17, 15) is 13.2 Å². The molecule has 0 saturated heterocycles. The van der Waals surface area contributed by atoms with E-state index in [1.165, 1.54) is 6.08 Å². The summed E-state index contributed by atoms with van der Waals surface area (Å²) in [4.78, 5) is 22.3. The number of aryl methyl sites for hydroxylation is 2. The van der Waals surface area contributed by atoms with E-state index in [1.807, 2.05) is 42.7 Å². The number of nitrogens with one attached hydrogen (secondary N) is 1. The van der Waals surface area contributed by atoms with Crippen LogP contribution >= 0.6 is 27.5 Å². The van der Waals surface area contributed by atoms with Crippen LogP contribution in [0.25, 0.3) is 17.2 Å². The molecule has 0 bridgehead atoms. The van der Waals surface area contributed by atoms with Gasteiger partial charge in [-0.15, -0.1) is 0 Å². The van der Waals surface area contributed by atoms with E-state index in [4.69, 9.17) is 16.6 Å². The van der Waals surface area contributed by atoms with Gasteiger partial charge in [0, 0.05) is 15.9 Å². The molecule has 4 aromatic rings. The monoisotopic (exact) mass is 586 g/mol. The second-order valence-electron chi connectivity index (χ2n) is 8.09. The van der Waals surface area contributed by atoms with Crippen molar-refractivity contribution in [3.05, 3.63) is 97.7 Å². The Morgan fingerprint density at radius 3 is 2.47 bits per heavy atom. The molecule has 36 heavy (non-hydrogen) atoms. The van der Waals surface area contributed by atoms with Crippen LogP contribution in [0.2, 0.25) is 5.02 Å². The largest absolute Gasteiger partial charge is 0.308 e. The maximum Gasteiger partial charge on any atom is 0.283 e. The van der Waals surface area contributed by atoms with Crippen molar-refractivity contribution in [2.75, 3.05) is 0 Å². The number of hydrogen-bond donors (Lipinski definition) is 1. The number of amides is 1. The predicted octanol–water partition coefficient (Wildman–Crippen LogP) is 5.75. The van der Waals surface area contributed by atoms with Gasteiger partial charge in [-0.2, -0.15) is 0 Å². The van der Waals surface area contributed by atoms with E-state index in [2.05, 4.69) is 25.6 Å². The minimum atomic E-state index is -4.03. The lowest BCUT2D eigenvalue weighted by Gasteiger charge is -2.11. The molecule has 4 rings (SSSR count). The molecule has 0 aliphatic carbocycles. The van der Waals surface area contributed by atoms with Crippen LogP contribution < -0.4 is 4.72 Å². The predicted molar refractivity (Wildman–Crippen MR) is 146 cm³/mol. The van der Waals surface area contributed by atoms with Gasteiger partial charge < -0.3 is 4.57 Å². The summed E-state index contributed by atoms with van der Waals surface area (Å²) in [6, 6.07) is 16.2. The molecule has 0 radical (unpaired) electrons. The van der Waals surface area contributed by atoms with E-state index in [1.54, 1.807) is 30.3 Å². The standard InChI is InChI=1S/C26H24BrClN4O3S/c1-3-18-14-22(26(33)31-36(34,35)13-12-17-8-6-5-7-9-17)29-25-24(18)30-23(4-2)32(25)16-19-10-11-20(27)15-21(19)28/h5-15H,3-4,16H2,1-2H3,(H,31,33). The first-order valence-electron chi connectivity index (χ1n) is 11.3. The van der Waals surface area contributed by atoms with Crippen molar-refractivity contribution in [3.63, 3.8) is 0 Å². The summed E-state index contributed by atoms with van der Waals surface area (Å²) in [7, 11) is -4.03. The number of sulfonamides is 1. The first-order valence-corrected chi connectivity index (χ1v) is 14.1. The summed E-state index contributed by atoms with van der Waals surface area (Å²) in [5.41, 5.74) is 3.57. The number of halogens is 2. The number of fused-ring (bicyclic) bond motifs is 1. The Balaban J connectivity index is 1.71. The van der Waals surface area contributed by atoms with E-state index in [0.717, 1.165) is 26.8 Å². The van der Waals surface area contributed by atoms with Crippen LogP contribution in [0.15, 0.2) is 64.5 Å². The zero-order valence-corrected chi connectivity index (χ0v) is 22.9. The summed E-state index contributed by atoms with van der Waals surface area (Å²) < 4.78 is 30.0. The lowest BCUT2D eigenvalue weighted by molar-refractivity contribution is 0.0977. The van der Waals surface area contributed by atoms with E-state index in [-0.39, 0.29) is 5.69 Å². The average Bonchev–Trinajstić information content (AvgIpc) is 3.21. The Bertz CT molecular complexity index is 1570. The summed E-state index contributed by atoms with van der Waals surface area (Å²) in [6.07, 6.45) is 2.67. The zero-order chi connectivity index (χ0) is 25.9. The van der Waals surface area contributed by atoms with Crippen LogP contribution in [-0.4, -0.2) is 28.9 Å². The first kappa shape index (κ1) is 26.1. The van der Waals surface area contributed by atoms with Crippen molar-refractivity contribution in [2.24, 2.45) is 0 Å². The van der Waals surface area contributed by atoms with Crippen LogP contribution in [-0.2, 0) is 29.4 Å². The maximum atomic E-state index is 13.0. The molecule has 1 amide bonds. The molecule has 2 aromatic carbocycles. The third kappa shape index (κ3) is 5.86. The Morgan fingerprint density at radius 1 is 1.06 bits per heavy atom. The van der Waals surface area contributed by atoms with Gasteiger partial charge in [0.15, 0.2) is 5.65 Å². The molecular weight excluding hydrogens is 564 g/mol. The van der Waals surface area contributed by atoms with Crippen molar-refractivity contribution >= 4 is 60.7 Å². The molecule has 0 spiro atoms. The molecule has 7 nitrogen and oxygen atoms in total. The van der Waals surface area contributed by atoms with Crippen LogP contribution in [0, 0.1) is 0 Å². The Kier molecular flexibility index (Phi) is 7.92. The summed E-state index contributed by atoms with van der Waals surface area (Å²) >= 11 is 9.88. The Labute approximate surface area is 223 Å². The molecule has 0 aliphatic heterocycles. The number of benzene rings is 2. The van der Waals surface area contributed by atoms with Crippen LogP contribution in [0.5, 0.6) is 0 Å². The molecular formula is C26H24BrClN4O3S. The molecule has 186 valence electrons. The molecule has 0 atom stereocenters. The third-order valence-corrected chi connectivity index (χ3v) is 7.42. The fourth-order valence-corrected chi connectivity index (χ4v) is 5.29. The minimum Gasteiger partial charge on any atom is -0.308 e. The van der Waals surface area contributed by atoms with Gasteiger partial charge in [0.2, 0.25) is 0 Å². The highest BCUT2D eigenvalue weighted by Gasteiger charge is 2.21. The number of hydrogen-bond acceptors (Lipinski definition) is 5. The Morgan fingerprint density at radius 2 is 1.81 bits per heavy atom. The van der Waals surface area contributed by atoms with Crippen LogP contribution in [0.1, 0.15) is 46.9 Å². The molecule has 0 fully saturated rings. The lowest BCUT2D eigenvalue weighted by atomic mass is 10.1. The molecule has 10 heteroatoms. The molecule has 2 heterocycles. The van der Waals surface area contributed by atoms with Crippen LogP contribution in [0.4, 0.5) is 0 Å². The van der Waals surface area contributed by atoms with Gasteiger partial charge >= 0.3 is 0 Å². The van der Waals surface area contributed by atoms with Gasteiger partial charge in [0.1, 0.15) is 17.0 Å². The normalized spacial score (nSPS) is 11.9. The van der Waals surface area contributed by atoms with Crippen molar-refractivity contribution in [1.29, 1.82) is 0 Å². The number of carbonyl (C=O) groups excluding carboxylic acids is 1. The topological polar surface area (TPSA) is 93.9 Å². The molecule has 1 N–H and O–H groups in total. The molecule has 0 aliphatic rings. The molecule has 2 aromatic heterocycles. The minimum absolute atomic E-state index is 0.00161. The zero-order valence-electron chi connectivity index (χ0n) is 19.7. The molecule has 0 saturated carbocycles. The van der Waals surface area contributed by atoms with Crippen LogP contribution in [0.3, 0.4) is 0 Å². The van der Waals surface area contributed by atoms with Gasteiger partial charge in [0.25, 0.3) is 15.9 Å². The highest BCUT2D eigenvalue weighted by atomic mass is 79.9. The summed E-state index contributed by atoms with van der Waals surface area (Å²) in [6.45, 7) is 4.35. The average molecular weight is 588 g/mol. The SMILES string of the molecule is CCc1cc(C(=O)NS(=O)(=O)C=Cc2ccccc2)nc2c1nc(CC)n2Cc1ccc(Br)cc1Cl. The van der Waals surface area contributed by atoms with Gasteiger partial charge in [-0.25, -0.2) is 23.1 Å². The van der Waals surface area contributed by atoms with Crippen molar-refractivity contribution in [2.45, 2.75) is 33.2 Å². The second kappa shape index (κ2) is 10.9. The number of aromatic nitrogens is 3. The van der Waals surface area contributed by atoms with Gasteiger partial charge in [-0.1, -0.05) is 77.8 Å². The van der Waals surface area contributed by atoms with Gasteiger partial charge in [-0.05, 0) is 47.4 Å². The Hall–Kier alpha value is -3.01. The lowest BCUT2D eigenvalue weighted by Crippen LogP contribution is -2.29. The number of nitrogens with zero attached hydrogens (tertiary/aromatic N) is 3. The second-order valence-corrected chi connectivity index (χ2v) is 11.0. The van der Waals surface area contributed by atoms with Crippen molar-refractivity contribution in [1.82, 2.24) is 19.3 Å². The van der Waals surface area contributed by atoms with E-state index >= 15 is 0 Å². The fourth-order valence-electron chi connectivity index (χ4n) is 3.79. The number of pyridine rings is 1. The summed E-state index contributed by atoms with van der Waals surface area (Å²) in [5.74, 6) is -0.0149. The van der Waals surface area contributed by atoms with Gasteiger partial charge in [-0.3, -0.25) is 4.79 Å². The highest BCUT2D eigenvalue weighted by molar-refractivity contribution is 9.10. The smallest absolute Gasteiger partial charge is 0.283 e. The maximum absolute atomic E-state index is 13.0. The van der Waals surface area contributed by atoms with E-state index in [0.29, 0.717) is 41.1 Å². The van der Waals surface area contributed by atoms with Gasteiger partial charge in [0.05, 0.1) is 12.0 Å². The number of rotatable bonds is 8. The van der Waals surface area contributed by atoms with Crippen molar-refractivity contribution < 1.29 is 13.2 Å². The quantitative estimate of drug-likeness (QED) is 0.283. The fraction of sp³-hybridized carbons (Fsp3) is 0.192. The summed E-state index contributed by atoms with van der Waals surface area (Å²) in [5, 5.41) is 1.56.